The molecule has 0 saturated carbocycles. The van der Waals surface area contributed by atoms with Crippen molar-refractivity contribution in [2.75, 3.05) is 13.7 Å². The fourth-order valence-corrected chi connectivity index (χ4v) is 6.28. The molecule has 0 fully saturated rings. The van der Waals surface area contributed by atoms with Crippen LogP contribution in [0.2, 0.25) is 0 Å². The summed E-state index contributed by atoms with van der Waals surface area (Å²) in [5.74, 6) is 3.05. The highest BCUT2D eigenvalue weighted by molar-refractivity contribution is 9.10. The van der Waals surface area contributed by atoms with Gasteiger partial charge in [-0.1, -0.05) is 63.5 Å². The summed E-state index contributed by atoms with van der Waals surface area (Å²) < 4.78 is 19.9. The number of fused-ring (bicyclic) bond motifs is 2. The largest absolute Gasteiger partial charge is 0.496 e. The number of rotatable bonds is 7. The van der Waals surface area contributed by atoms with Crippen LogP contribution < -0.4 is 24.4 Å². The Morgan fingerprint density at radius 2 is 1.95 bits per heavy atom. The molecule has 0 saturated heterocycles. The quantitative estimate of drug-likeness (QED) is 0.209. The second-order valence-corrected chi connectivity index (χ2v) is 11.5. The number of esters is 1. The topological polar surface area (TPSA) is 79.1 Å². The van der Waals surface area contributed by atoms with E-state index in [9.17, 15) is 9.59 Å². The number of benzene rings is 3. The molecule has 2 heterocycles. The van der Waals surface area contributed by atoms with Crippen LogP contribution in [0.1, 0.15) is 37.9 Å². The minimum absolute atomic E-state index is 0.0869. The van der Waals surface area contributed by atoms with Gasteiger partial charge in [0.05, 0.1) is 29.0 Å². The lowest BCUT2D eigenvalue weighted by Gasteiger charge is -2.26. The standard InChI is InChI=1S/C32H27BrN2O5S/c1-6-15-39-26-13-11-20-9-7-8-10-22(20)23(26)17-27-30(36)35-29(24-16-21(33)12-14-25(24)38-5)28(31(37)40-18(2)3)19(4)34-32(35)41-27/h1,7-14,16-18,29H,15H2,2-5H3/b27-17-/t29-/m0/s1. The Kier molecular flexibility index (Phi) is 8.15. The molecule has 1 atom stereocenters. The van der Waals surface area contributed by atoms with Crippen LogP contribution >= 0.6 is 27.3 Å². The number of nitrogens with zero attached hydrogens (tertiary/aromatic N) is 2. The minimum atomic E-state index is -0.822. The van der Waals surface area contributed by atoms with Gasteiger partial charge in [-0.3, -0.25) is 9.36 Å². The number of ether oxygens (including phenoxy) is 3. The number of thiazole rings is 1. The number of hydrogen-bond donors (Lipinski definition) is 0. The number of allylic oxidation sites excluding steroid dienone is 1. The molecule has 3 aromatic carbocycles. The molecule has 5 rings (SSSR count). The Morgan fingerprint density at radius 3 is 2.68 bits per heavy atom. The van der Waals surface area contributed by atoms with Crippen molar-refractivity contribution in [1.82, 2.24) is 4.57 Å². The van der Waals surface area contributed by atoms with Crippen LogP contribution in [0.5, 0.6) is 11.5 Å². The molecule has 0 unspecified atom stereocenters. The minimum Gasteiger partial charge on any atom is -0.496 e. The molecule has 0 aliphatic carbocycles. The van der Waals surface area contributed by atoms with Crippen molar-refractivity contribution in [1.29, 1.82) is 0 Å². The van der Waals surface area contributed by atoms with E-state index in [0.717, 1.165) is 20.8 Å². The first-order chi connectivity index (χ1) is 19.7. The van der Waals surface area contributed by atoms with Crippen LogP contribution in [-0.4, -0.2) is 30.4 Å². The smallest absolute Gasteiger partial charge is 0.338 e. The van der Waals surface area contributed by atoms with Gasteiger partial charge in [0.1, 0.15) is 24.1 Å². The molecular formula is C32H27BrN2O5S. The Balaban J connectivity index is 1.80. The highest BCUT2D eigenvalue weighted by Gasteiger charge is 2.35. The van der Waals surface area contributed by atoms with Crippen LogP contribution in [0, 0.1) is 12.3 Å². The number of carbonyl (C=O) groups excluding carboxylic acids is 1. The predicted molar refractivity (Wildman–Crippen MR) is 164 cm³/mol. The third-order valence-electron chi connectivity index (χ3n) is 6.59. The number of hydrogen-bond acceptors (Lipinski definition) is 7. The van der Waals surface area contributed by atoms with Gasteiger partial charge in [0.2, 0.25) is 0 Å². The Bertz CT molecular complexity index is 1930. The highest BCUT2D eigenvalue weighted by Crippen LogP contribution is 2.37. The Morgan fingerprint density at radius 1 is 1.20 bits per heavy atom. The first-order valence-electron chi connectivity index (χ1n) is 12.9. The van der Waals surface area contributed by atoms with Crippen molar-refractivity contribution in [3.63, 3.8) is 0 Å². The summed E-state index contributed by atoms with van der Waals surface area (Å²) in [7, 11) is 1.55. The molecule has 41 heavy (non-hydrogen) atoms. The third-order valence-corrected chi connectivity index (χ3v) is 8.06. The van der Waals surface area contributed by atoms with Gasteiger partial charge in [0, 0.05) is 15.6 Å². The number of methoxy groups -OCH3 is 1. The van der Waals surface area contributed by atoms with Gasteiger partial charge in [0.15, 0.2) is 4.80 Å². The monoisotopic (exact) mass is 630 g/mol. The molecule has 1 aliphatic rings. The fourth-order valence-electron chi connectivity index (χ4n) is 4.87. The first-order valence-corrected chi connectivity index (χ1v) is 14.5. The summed E-state index contributed by atoms with van der Waals surface area (Å²) in [6.45, 7) is 5.40. The number of halogens is 1. The van der Waals surface area contributed by atoms with Crippen molar-refractivity contribution in [2.24, 2.45) is 4.99 Å². The lowest BCUT2D eigenvalue weighted by atomic mass is 9.95. The summed E-state index contributed by atoms with van der Waals surface area (Å²) in [4.78, 5) is 32.8. The molecule has 7 nitrogen and oxygen atoms in total. The van der Waals surface area contributed by atoms with Gasteiger partial charge >= 0.3 is 5.97 Å². The zero-order valence-corrected chi connectivity index (χ0v) is 25.3. The van der Waals surface area contributed by atoms with E-state index >= 15 is 0 Å². The second-order valence-electron chi connectivity index (χ2n) is 9.61. The zero-order chi connectivity index (χ0) is 29.3. The maximum atomic E-state index is 14.2. The van der Waals surface area contributed by atoms with Crippen molar-refractivity contribution >= 4 is 50.1 Å². The summed E-state index contributed by atoms with van der Waals surface area (Å²) in [5.41, 5.74) is 1.80. The van der Waals surface area contributed by atoms with Crippen LogP contribution in [0.3, 0.4) is 0 Å². The Labute approximate surface area is 249 Å². The summed E-state index contributed by atoms with van der Waals surface area (Å²) in [5, 5.41) is 1.90. The maximum absolute atomic E-state index is 14.2. The van der Waals surface area contributed by atoms with Crippen molar-refractivity contribution < 1.29 is 19.0 Å². The SMILES string of the molecule is C#CCOc1ccc2ccccc2c1/C=c1\sc2n(c1=O)[C@@H](c1cc(Br)ccc1OC)C(C(=O)OC(C)C)=C(C)N=2. The molecule has 1 aromatic heterocycles. The number of terminal acetylenes is 1. The predicted octanol–water partition coefficient (Wildman–Crippen LogP) is 5.12. The van der Waals surface area contributed by atoms with E-state index in [-0.39, 0.29) is 23.8 Å². The van der Waals surface area contributed by atoms with Gasteiger partial charge < -0.3 is 14.2 Å². The van der Waals surface area contributed by atoms with Crippen molar-refractivity contribution in [2.45, 2.75) is 32.9 Å². The fraction of sp³-hybridized carbons (Fsp3) is 0.219. The molecule has 208 valence electrons. The van der Waals surface area contributed by atoms with E-state index in [1.807, 2.05) is 48.5 Å². The van der Waals surface area contributed by atoms with E-state index in [1.165, 1.54) is 15.9 Å². The van der Waals surface area contributed by atoms with Gasteiger partial charge in [-0.05, 0) is 61.9 Å². The third kappa shape index (κ3) is 5.45. The van der Waals surface area contributed by atoms with E-state index < -0.39 is 12.0 Å². The van der Waals surface area contributed by atoms with E-state index in [4.69, 9.17) is 25.6 Å². The van der Waals surface area contributed by atoms with Crippen LogP contribution in [0.15, 0.2) is 80.1 Å². The van der Waals surface area contributed by atoms with Crippen LogP contribution in [-0.2, 0) is 9.53 Å². The van der Waals surface area contributed by atoms with Crippen molar-refractivity contribution in [3.8, 4) is 23.8 Å². The second kappa shape index (κ2) is 11.8. The van der Waals surface area contributed by atoms with Crippen LogP contribution in [0.4, 0.5) is 0 Å². The maximum Gasteiger partial charge on any atom is 0.338 e. The van der Waals surface area contributed by atoms with Gasteiger partial charge in [0.25, 0.3) is 5.56 Å². The summed E-state index contributed by atoms with van der Waals surface area (Å²) in [6.07, 6.45) is 6.91. The Hall–Kier alpha value is -4.13. The molecular weight excluding hydrogens is 604 g/mol. The summed E-state index contributed by atoms with van der Waals surface area (Å²) >= 11 is 4.77. The van der Waals surface area contributed by atoms with Gasteiger partial charge in [-0.25, -0.2) is 9.79 Å². The molecule has 0 spiro atoms. The molecule has 0 radical (unpaired) electrons. The van der Waals surface area contributed by atoms with E-state index in [1.54, 1.807) is 40.0 Å². The number of aromatic nitrogens is 1. The molecule has 4 aromatic rings. The van der Waals surface area contributed by atoms with Gasteiger partial charge in [-0.15, -0.1) is 6.42 Å². The van der Waals surface area contributed by atoms with Crippen LogP contribution in [0.25, 0.3) is 16.8 Å². The average Bonchev–Trinajstić information content (AvgIpc) is 3.25. The average molecular weight is 632 g/mol. The number of carbonyl (C=O) groups is 1. The highest BCUT2D eigenvalue weighted by atomic mass is 79.9. The normalized spacial score (nSPS) is 15.0. The molecule has 0 bridgehead atoms. The van der Waals surface area contributed by atoms with E-state index in [0.29, 0.717) is 32.1 Å². The molecule has 1 aliphatic heterocycles. The summed E-state index contributed by atoms with van der Waals surface area (Å²) in [6, 6.07) is 16.3. The van der Waals surface area contributed by atoms with Gasteiger partial charge in [-0.2, -0.15) is 0 Å². The first kappa shape index (κ1) is 28.4. The molecule has 0 amide bonds. The lowest BCUT2D eigenvalue weighted by Crippen LogP contribution is -2.40. The lowest BCUT2D eigenvalue weighted by molar-refractivity contribution is -0.143. The molecule has 9 heteroatoms. The van der Waals surface area contributed by atoms with E-state index in [2.05, 4.69) is 21.9 Å². The zero-order valence-electron chi connectivity index (χ0n) is 22.9. The molecule has 0 N–H and O–H groups in total. The van der Waals surface area contributed by atoms with Crippen molar-refractivity contribution in [3.05, 3.63) is 101 Å².